The number of hydrogen-bond donors (Lipinski definition) is 0. The number of rotatable bonds is 3. The molecule has 1 atom stereocenters. The molecule has 5 rings (SSSR count). The maximum absolute atomic E-state index is 12.7. The minimum atomic E-state index is -0.340. The van der Waals surface area contributed by atoms with Gasteiger partial charge in [-0.3, -0.25) is 4.79 Å². The van der Waals surface area contributed by atoms with Crippen LogP contribution in [0.4, 0.5) is 5.69 Å². The average Bonchev–Trinajstić information content (AvgIpc) is 3.53. The van der Waals surface area contributed by atoms with Gasteiger partial charge in [0.15, 0.2) is 0 Å². The van der Waals surface area contributed by atoms with Crippen LogP contribution < -0.4 is 9.64 Å². The zero-order valence-corrected chi connectivity index (χ0v) is 15.6. The first-order valence-corrected chi connectivity index (χ1v) is 9.78. The molecule has 140 valence electrons. The molecule has 1 saturated heterocycles. The van der Waals surface area contributed by atoms with Crippen molar-refractivity contribution in [2.75, 3.05) is 38.1 Å². The van der Waals surface area contributed by atoms with E-state index in [1.54, 1.807) is 6.20 Å². The Labute approximate surface area is 159 Å². The largest absolute Gasteiger partial charge is 0.426 e. The molecular formula is C21H24N4O2. The van der Waals surface area contributed by atoms with Crippen LogP contribution in [0.15, 0.2) is 30.5 Å². The first-order valence-electron chi connectivity index (χ1n) is 9.78. The van der Waals surface area contributed by atoms with Crippen LogP contribution in [0, 0.1) is 0 Å². The fourth-order valence-electron chi connectivity index (χ4n) is 3.90. The molecule has 0 spiro atoms. The standard InChI is InChI=1S/C21H24N4O2/c1-24-8-10-25(11-9-24)16-5-4-15-12-17(21(26)27-19(15)13-16)18-6-7-22-20(23-18)14-2-3-14/h4-7,13-14,17H,2-3,8-12H2,1H3. The Bertz CT molecular complexity index is 872. The Morgan fingerprint density at radius 3 is 2.70 bits per heavy atom. The highest BCUT2D eigenvalue weighted by atomic mass is 16.5. The number of benzene rings is 1. The zero-order chi connectivity index (χ0) is 18.4. The van der Waals surface area contributed by atoms with Crippen LogP contribution >= 0.6 is 0 Å². The number of anilines is 1. The van der Waals surface area contributed by atoms with E-state index in [0.29, 0.717) is 18.1 Å². The van der Waals surface area contributed by atoms with Crippen molar-refractivity contribution in [1.29, 1.82) is 0 Å². The van der Waals surface area contributed by atoms with Crippen LogP contribution in [-0.4, -0.2) is 54.1 Å². The predicted octanol–water partition coefficient (Wildman–Crippen LogP) is 2.35. The minimum absolute atomic E-state index is 0.210. The van der Waals surface area contributed by atoms with Gasteiger partial charge in [-0.1, -0.05) is 6.07 Å². The lowest BCUT2D eigenvalue weighted by molar-refractivity contribution is -0.137. The fourth-order valence-corrected chi connectivity index (χ4v) is 3.90. The molecular weight excluding hydrogens is 340 g/mol. The number of esters is 1. The highest BCUT2D eigenvalue weighted by molar-refractivity contribution is 5.83. The van der Waals surface area contributed by atoms with E-state index in [0.717, 1.165) is 61.8 Å². The van der Waals surface area contributed by atoms with Crippen molar-refractivity contribution in [3.63, 3.8) is 0 Å². The monoisotopic (exact) mass is 364 g/mol. The van der Waals surface area contributed by atoms with Gasteiger partial charge in [0, 0.05) is 50.0 Å². The third-order valence-electron chi connectivity index (χ3n) is 5.83. The number of piperazine rings is 1. The van der Waals surface area contributed by atoms with Gasteiger partial charge in [-0.15, -0.1) is 0 Å². The summed E-state index contributed by atoms with van der Waals surface area (Å²) in [5.74, 6) is 1.50. The fraction of sp³-hybridized carbons (Fsp3) is 0.476. The molecule has 3 aliphatic rings. The summed E-state index contributed by atoms with van der Waals surface area (Å²) in [6, 6.07) is 8.12. The van der Waals surface area contributed by atoms with Crippen molar-refractivity contribution in [3.05, 3.63) is 47.5 Å². The van der Waals surface area contributed by atoms with Crippen molar-refractivity contribution >= 4 is 11.7 Å². The molecule has 2 aliphatic heterocycles. The van der Waals surface area contributed by atoms with E-state index in [9.17, 15) is 4.79 Å². The van der Waals surface area contributed by atoms with Crippen molar-refractivity contribution < 1.29 is 9.53 Å². The molecule has 27 heavy (non-hydrogen) atoms. The van der Waals surface area contributed by atoms with Gasteiger partial charge < -0.3 is 14.5 Å². The van der Waals surface area contributed by atoms with Gasteiger partial charge >= 0.3 is 5.97 Å². The predicted molar refractivity (Wildman–Crippen MR) is 102 cm³/mol. The van der Waals surface area contributed by atoms with Crippen molar-refractivity contribution in [2.45, 2.75) is 31.1 Å². The van der Waals surface area contributed by atoms with Crippen LogP contribution in [0.5, 0.6) is 5.75 Å². The van der Waals surface area contributed by atoms with Crippen molar-refractivity contribution in [2.24, 2.45) is 0 Å². The molecule has 0 amide bonds. The molecule has 0 N–H and O–H groups in total. The highest BCUT2D eigenvalue weighted by Gasteiger charge is 2.33. The Morgan fingerprint density at radius 1 is 1.11 bits per heavy atom. The molecule has 3 heterocycles. The zero-order valence-electron chi connectivity index (χ0n) is 15.6. The van der Waals surface area contributed by atoms with E-state index in [1.807, 2.05) is 12.1 Å². The second-order valence-electron chi connectivity index (χ2n) is 7.87. The molecule has 2 aromatic rings. The van der Waals surface area contributed by atoms with Gasteiger partial charge in [0.1, 0.15) is 17.5 Å². The number of nitrogens with zero attached hydrogens (tertiary/aromatic N) is 4. The van der Waals surface area contributed by atoms with E-state index in [1.165, 1.54) is 0 Å². The quantitative estimate of drug-likeness (QED) is 0.616. The number of hydrogen-bond acceptors (Lipinski definition) is 6. The topological polar surface area (TPSA) is 58.6 Å². The van der Waals surface area contributed by atoms with E-state index in [4.69, 9.17) is 4.74 Å². The van der Waals surface area contributed by atoms with Gasteiger partial charge in [0.25, 0.3) is 0 Å². The second kappa shape index (κ2) is 6.60. The summed E-state index contributed by atoms with van der Waals surface area (Å²) < 4.78 is 5.73. The number of likely N-dealkylation sites (N-methyl/N-ethyl adjacent to an activating group) is 1. The molecule has 6 nitrogen and oxygen atoms in total. The number of carbonyl (C=O) groups is 1. The Kier molecular flexibility index (Phi) is 4.08. The molecule has 0 radical (unpaired) electrons. The summed E-state index contributed by atoms with van der Waals surface area (Å²) in [6.45, 7) is 4.10. The van der Waals surface area contributed by atoms with E-state index >= 15 is 0 Å². The molecule has 6 heteroatoms. The third-order valence-corrected chi connectivity index (χ3v) is 5.83. The third kappa shape index (κ3) is 3.30. The number of carbonyl (C=O) groups excluding carboxylic acids is 1. The molecule has 1 aliphatic carbocycles. The molecule has 1 unspecified atom stereocenters. The Morgan fingerprint density at radius 2 is 1.93 bits per heavy atom. The van der Waals surface area contributed by atoms with Crippen LogP contribution in [0.1, 0.15) is 41.8 Å². The van der Waals surface area contributed by atoms with Gasteiger partial charge in [0.05, 0.1) is 5.69 Å². The van der Waals surface area contributed by atoms with Crippen molar-refractivity contribution in [3.8, 4) is 5.75 Å². The van der Waals surface area contributed by atoms with Crippen LogP contribution in [0.2, 0.25) is 0 Å². The lowest BCUT2D eigenvalue weighted by Gasteiger charge is -2.34. The molecule has 1 saturated carbocycles. The minimum Gasteiger partial charge on any atom is -0.426 e. The lowest BCUT2D eigenvalue weighted by Crippen LogP contribution is -2.44. The average molecular weight is 364 g/mol. The van der Waals surface area contributed by atoms with Gasteiger partial charge in [0.2, 0.25) is 0 Å². The Balaban J connectivity index is 1.37. The summed E-state index contributed by atoms with van der Waals surface area (Å²) in [5.41, 5.74) is 2.99. The molecule has 1 aromatic carbocycles. The lowest BCUT2D eigenvalue weighted by atomic mass is 9.92. The smallest absolute Gasteiger partial charge is 0.320 e. The first-order chi connectivity index (χ1) is 13.2. The summed E-state index contributed by atoms with van der Waals surface area (Å²) in [7, 11) is 2.15. The van der Waals surface area contributed by atoms with E-state index in [-0.39, 0.29) is 11.9 Å². The number of ether oxygens (including phenoxy) is 1. The second-order valence-corrected chi connectivity index (χ2v) is 7.87. The summed E-state index contributed by atoms with van der Waals surface area (Å²) in [6.07, 6.45) is 4.71. The SMILES string of the molecule is CN1CCN(c2ccc3c(c2)OC(=O)C(c2ccnc(C4CC4)n2)C3)CC1. The molecule has 2 fully saturated rings. The normalized spacial score (nSPS) is 23.1. The van der Waals surface area contributed by atoms with Crippen LogP contribution in [-0.2, 0) is 11.2 Å². The molecule has 0 bridgehead atoms. The first kappa shape index (κ1) is 16.7. The van der Waals surface area contributed by atoms with E-state index in [2.05, 4.69) is 38.9 Å². The maximum atomic E-state index is 12.7. The maximum Gasteiger partial charge on any atom is 0.320 e. The van der Waals surface area contributed by atoms with Gasteiger partial charge in [-0.2, -0.15) is 0 Å². The Hall–Kier alpha value is -2.47. The summed E-state index contributed by atoms with van der Waals surface area (Å²) in [5, 5.41) is 0. The van der Waals surface area contributed by atoms with Crippen LogP contribution in [0.25, 0.3) is 0 Å². The van der Waals surface area contributed by atoms with Crippen molar-refractivity contribution in [1.82, 2.24) is 14.9 Å². The summed E-state index contributed by atoms with van der Waals surface area (Å²) >= 11 is 0. The molecule has 1 aromatic heterocycles. The van der Waals surface area contributed by atoms with Gasteiger partial charge in [-0.05, 0) is 44.0 Å². The highest BCUT2D eigenvalue weighted by Crippen LogP contribution is 2.39. The number of aromatic nitrogens is 2. The van der Waals surface area contributed by atoms with Gasteiger partial charge in [-0.25, -0.2) is 9.97 Å². The summed E-state index contributed by atoms with van der Waals surface area (Å²) in [4.78, 5) is 26.4. The van der Waals surface area contributed by atoms with Crippen LogP contribution in [0.3, 0.4) is 0 Å². The number of fused-ring (bicyclic) bond motifs is 1. The van der Waals surface area contributed by atoms with E-state index < -0.39 is 0 Å².